The summed E-state index contributed by atoms with van der Waals surface area (Å²) in [5.41, 5.74) is 2.68. The van der Waals surface area contributed by atoms with Crippen molar-refractivity contribution in [3.63, 3.8) is 0 Å². The molecule has 0 saturated carbocycles. The van der Waals surface area contributed by atoms with Gasteiger partial charge in [0.15, 0.2) is 0 Å². The maximum atomic E-state index is 12.3. The summed E-state index contributed by atoms with van der Waals surface area (Å²) >= 11 is 0. The SMILES string of the molecule is CCC(C)(CCO)NC(=O)Nc1c(C)cccc1C(C)C. The molecule has 0 fully saturated rings. The van der Waals surface area contributed by atoms with E-state index in [-0.39, 0.29) is 18.2 Å². The van der Waals surface area contributed by atoms with E-state index in [4.69, 9.17) is 5.11 Å². The summed E-state index contributed by atoms with van der Waals surface area (Å²) in [4.78, 5) is 12.3. The summed E-state index contributed by atoms with van der Waals surface area (Å²) < 4.78 is 0. The quantitative estimate of drug-likeness (QED) is 0.747. The normalized spacial score (nSPS) is 13.9. The molecule has 0 aliphatic heterocycles. The van der Waals surface area contributed by atoms with Gasteiger partial charge in [0, 0.05) is 17.8 Å². The van der Waals surface area contributed by atoms with E-state index in [9.17, 15) is 4.79 Å². The molecule has 4 nitrogen and oxygen atoms in total. The van der Waals surface area contributed by atoms with E-state index in [0.717, 1.165) is 23.2 Å². The van der Waals surface area contributed by atoms with Gasteiger partial charge in [-0.15, -0.1) is 0 Å². The van der Waals surface area contributed by atoms with Crippen molar-refractivity contribution in [1.29, 1.82) is 0 Å². The second kappa shape index (κ2) is 7.46. The molecule has 3 N–H and O–H groups in total. The van der Waals surface area contributed by atoms with Gasteiger partial charge in [-0.1, -0.05) is 39.0 Å². The van der Waals surface area contributed by atoms with Gasteiger partial charge in [-0.2, -0.15) is 0 Å². The molecule has 0 saturated heterocycles. The zero-order valence-corrected chi connectivity index (χ0v) is 13.8. The first kappa shape index (κ1) is 17.5. The summed E-state index contributed by atoms with van der Waals surface area (Å²) in [5, 5.41) is 15.1. The highest BCUT2D eigenvalue weighted by Gasteiger charge is 2.24. The molecule has 2 amide bonds. The van der Waals surface area contributed by atoms with Crippen molar-refractivity contribution in [2.45, 2.75) is 58.9 Å². The van der Waals surface area contributed by atoms with Crippen LogP contribution in [0.4, 0.5) is 10.5 Å². The molecule has 1 aromatic rings. The fourth-order valence-corrected chi connectivity index (χ4v) is 2.34. The van der Waals surface area contributed by atoms with Crippen LogP contribution in [0.15, 0.2) is 18.2 Å². The molecular weight excluding hydrogens is 264 g/mol. The highest BCUT2D eigenvalue weighted by Crippen LogP contribution is 2.27. The van der Waals surface area contributed by atoms with Crippen molar-refractivity contribution in [2.24, 2.45) is 0 Å². The molecule has 1 aromatic carbocycles. The monoisotopic (exact) mass is 292 g/mol. The van der Waals surface area contributed by atoms with Gasteiger partial charge in [-0.3, -0.25) is 0 Å². The summed E-state index contributed by atoms with van der Waals surface area (Å²) in [6.45, 7) is 10.2. The average Bonchev–Trinajstić information content (AvgIpc) is 2.40. The van der Waals surface area contributed by atoms with E-state index >= 15 is 0 Å². The number of carbonyl (C=O) groups excluding carboxylic acids is 1. The molecule has 1 atom stereocenters. The predicted molar refractivity (Wildman–Crippen MR) is 87.8 cm³/mol. The van der Waals surface area contributed by atoms with Gasteiger partial charge in [-0.05, 0) is 43.7 Å². The Bertz CT molecular complexity index is 486. The summed E-state index contributed by atoms with van der Waals surface area (Å²) in [6.07, 6.45) is 1.31. The topological polar surface area (TPSA) is 61.4 Å². The minimum absolute atomic E-state index is 0.0617. The Balaban J connectivity index is 2.89. The zero-order valence-electron chi connectivity index (χ0n) is 13.8. The van der Waals surface area contributed by atoms with E-state index in [1.807, 2.05) is 39.0 Å². The molecule has 0 spiro atoms. The number of carbonyl (C=O) groups is 1. The van der Waals surface area contributed by atoms with Gasteiger partial charge in [0.1, 0.15) is 0 Å². The second-order valence-electron chi connectivity index (χ2n) is 6.16. The number of aryl methyl sites for hydroxylation is 1. The Morgan fingerprint density at radius 2 is 2.05 bits per heavy atom. The van der Waals surface area contributed by atoms with Crippen molar-refractivity contribution >= 4 is 11.7 Å². The van der Waals surface area contributed by atoms with Gasteiger partial charge in [0.2, 0.25) is 0 Å². The van der Waals surface area contributed by atoms with Crippen molar-refractivity contribution in [1.82, 2.24) is 5.32 Å². The lowest BCUT2D eigenvalue weighted by Crippen LogP contribution is -2.48. The van der Waals surface area contributed by atoms with Crippen LogP contribution in [0.1, 0.15) is 57.6 Å². The second-order valence-corrected chi connectivity index (χ2v) is 6.16. The Hall–Kier alpha value is -1.55. The Kier molecular flexibility index (Phi) is 6.21. The number of hydrogen-bond donors (Lipinski definition) is 3. The van der Waals surface area contributed by atoms with E-state index in [1.54, 1.807) is 0 Å². The minimum atomic E-state index is -0.389. The van der Waals surface area contributed by atoms with Crippen molar-refractivity contribution in [3.8, 4) is 0 Å². The molecule has 1 unspecified atom stereocenters. The Morgan fingerprint density at radius 3 is 2.57 bits per heavy atom. The third-order valence-corrected chi connectivity index (χ3v) is 4.02. The fraction of sp³-hybridized carbons (Fsp3) is 0.588. The van der Waals surface area contributed by atoms with Crippen LogP contribution < -0.4 is 10.6 Å². The van der Waals surface area contributed by atoms with Crippen LogP contribution in [0.2, 0.25) is 0 Å². The van der Waals surface area contributed by atoms with Crippen LogP contribution >= 0.6 is 0 Å². The molecule has 0 heterocycles. The number of benzene rings is 1. The number of anilines is 1. The van der Waals surface area contributed by atoms with Gasteiger partial charge < -0.3 is 15.7 Å². The molecule has 0 aliphatic rings. The van der Waals surface area contributed by atoms with Crippen LogP contribution in [0.25, 0.3) is 0 Å². The van der Waals surface area contributed by atoms with E-state index in [0.29, 0.717) is 12.3 Å². The van der Waals surface area contributed by atoms with Gasteiger partial charge in [0.25, 0.3) is 0 Å². The lowest BCUT2D eigenvalue weighted by Gasteiger charge is -2.29. The number of aliphatic hydroxyl groups is 1. The smallest absolute Gasteiger partial charge is 0.319 e. The summed E-state index contributed by atoms with van der Waals surface area (Å²) in [6, 6.07) is 5.83. The van der Waals surface area contributed by atoms with Gasteiger partial charge >= 0.3 is 6.03 Å². The highest BCUT2D eigenvalue weighted by atomic mass is 16.3. The molecule has 0 aliphatic carbocycles. The van der Waals surface area contributed by atoms with Crippen molar-refractivity contribution < 1.29 is 9.90 Å². The number of hydrogen-bond acceptors (Lipinski definition) is 2. The maximum absolute atomic E-state index is 12.3. The molecule has 0 bridgehead atoms. The van der Waals surface area contributed by atoms with Crippen molar-refractivity contribution in [2.75, 3.05) is 11.9 Å². The van der Waals surface area contributed by atoms with Crippen molar-refractivity contribution in [3.05, 3.63) is 29.3 Å². The average molecular weight is 292 g/mol. The van der Waals surface area contributed by atoms with Crippen LogP contribution in [-0.4, -0.2) is 23.3 Å². The van der Waals surface area contributed by atoms with E-state index < -0.39 is 0 Å². The number of aliphatic hydroxyl groups excluding tert-OH is 1. The molecule has 21 heavy (non-hydrogen) atoms. The first-order chi connectivity index (χ1) is 9.83. The number of nitrogens with one attached hydrogen (secondary N) is 2. The lowest BCUT2D eigenvalue weighted by atomic mass is 9.95. The number of rotatable bonds is 6. The minimum Gasteiger partial charge on any atom is -0.396 e. The third kappa shape index (κ3) is 4.74. The molecule has 4 heteroatoms. The lowest BCUT2D eigenvalue weighted by molar-refractivity contribution is 0.208. The maximum Gasteiger partial charge on any atom is 0.319 e. The van der Waals surface area contributed by atoms with Gasteiger partial charge in [0.05, 0.1) is 0 Å². The van der Waals surface area contributed by atoms with E-state index in [2.05, 4.69) is 24.5 Å². The molecule has 118 valence electrons. The van der Waals surface area contributed by atoms with Crippen LogP contribution in [0, 0.1) is 6.92 Å². The number of urea groups is 1. The predicted octanol–water partition coefficient (Wildman–Crippen LogP) is 3.79. The molecule has 1 rings (SSSR count). The van der Waals surface area contributed by atoms with Crippen LogP contribution in [0.5, 0.6) is 0 Å². The molecule has 0 radical (unpaired) electrons. The number of para-hydroxylation sites is 1. The molecule has 0 aromatic heterocycles. The third-order valence-electron chi connectivity index (χ3n) is 4.02. The summed E-state index contributed by atoms with van der Waals surface area (Å²) in [7, 11) is 0. The first-order valence-corrected chi connectivity index (χ1v) is 7.62. The van der Waals surface area contributed by atoms with E-state index in [1.165, 1.54) is 0 Å². The van der Waals surface area contributed by atoms with Crippen LogP contribution in [0.3, 0.4) is 0 Å². The molecular formula is C17H28N2O2. The standard InChI is InChI=1S/C17H28N2O2/c1-6-17(5,10-11-20)19-16(21)18-15-13(4)8-7-9-14(15)12(2)3/h7-9,12,20H,6,10-11H2,1-5H3,(H2,18,19,21). The van der Waals surface area contributed by atoms with Crippen LogP contribution in [-0.2, 0) is 0 Å². The fourth-order valence-electron chi connectivity index (χ4n) is 2.34. The summed E-state index contributed by atoms with van der Waals surface area (Å²) in [5.74, 6) is 0.343. The number of amides is 2. The Morgan fingerprint density at radius 1 is 1.38 bits per heavy atom. The highest BCUT2D eigenvalue weighted by molar-refractivity contribution is 5.91. The largest absolute Gasteiger partial charge is 0.396 e. The van der Waals surface area contributed by atoms with Gasteiger partial charge in [-0.25, -0.2) is 4.79 Å². The zero-order chi connectivity index (χ0) is 16.0. The Labute approximate surface area is 128 Å². The first-order valence-electron chi connectivity index (χ1n) is 7.62.